The van der Waals surface area contributed by atoms with Crippen molar-refractivity contribution in [2.45, 2.75) is 53.1 Å². The minimum absolute atomic E-state index is 0.0566. The van der Waals surface area contributed by atoms with Gasteiger partial charge in [-0.05, 0) is 75.0 Å². The van der Waals surface area contributed by atoms with Crippen molar-refractivity contribution in [3.05, 3.63) is 96.2 Å². The number of piperazine rings is 1. The smallest absolute Gasteiger partial charge is 0.341 e. The predicted molar refractivity (Wildman–Crippen MR) is 174 cm³/mol. The van der Waals surface area contributed by atoms with E-state index in [1.165, 1.54) is 23.4 Å². The van der Waals surface area contributed by atoms with Crippen LogP contribution in [0.3, 0.4) is 0 Å². The number of aromatic carboxylic acids is 1. The number of aromatic amines is 1. The molecule has 11 nitrogen and oxygen atoms in total. The number of H-pyrrole nitrogens is 1. The Bertz CT molecular complexity index is 1910. The van der Waals surface area contributed by atoms with Gasteiger partial charge in [-0.2, -0.15) is 0 Å². The van der Waals surface area contributed by atoms with Crippen molar-refractivity contribution in [2.75, 3.05) is 42.9 Å². The standard InChI is InChI=1S/C33H39FN6O5/c1-4-22-16-23(9-8-21(22)3)35-29-19-30(41)36-33(45)40(29)11-7-6-10-37-12-14-39(15-13-37)28-18-27-24(17-26(28)34)31(42)25(32(43)44)20-38(27)5-2/h8-9,16-20,35H,4-7,10-15H2,1-3H3,(H,43,44)(H,36,41,45). The van der Waals surface area contributed by atoms with Gasteiger partial charge in [0, 0.05) is 62.6 Å². The Labute approximate surface area is 259 Å². The molecule has 0 spiro atoms. The molecule has 0 aliphatic carbocycles. The lowest BCUT2D eigenvalue weighted by Crippen LogP contribution is -2.47. The normalized spacial score (nSPS) is 13.8. The van der Waals surface area contributed by atoms with E-state index >= 15 is 4.39 Å². The Balaban J connectivity index is 1.20. The van der Waals surface area contributed by atoms with Crippen LogP contribution in [0.1, 0.15) is 48.2 Å². The maximum atomic E-state index is 15.2. The van der Waals surface area contributed by atoms with E-state index in [4.69, 9.17) is 0 Å². The SMILES string of the molecule is CCc1cc(Nc2cc(=O)[nH]c(=O)n2CCCCN2CCN(c3cc4c(cc3F)c(=O)c(C(=O)O)cn4CC)CC2)ccc1C. The van der Waals surface area contributed by atoms with Gasteiger partial charge < -0.3 is 19.9 Å². The van der Waals surface area contributed by atoms with Crippen LogP contribution in [0, 0.1) is 12.7 Å². The molecule has 0 bridgehead atoms. The minimum atomic E-state index is -1.33. The number of carboxylic acid groups (broad SMARTS) is 1. The van der Waals surface area contributed by atoms with E-state index in [1.54, 1.807) is 15.2 Å². The fraction of sp³-hybridized carbons (Fsp3) is 0.394. The summed E-state index contributed by atoms with van der Waals surface area (Å²) < 4.78 is 18.5. The number of pyridine rings is 1. The average Bonchev–Trinajstić information content (AvgIpc) is 3.01. The van der Waals surface area contributed by atoms with Gasteiger partial charge in [0.05, 0.1) is 11.2 Å². The fourth-order valence-corrected chi connectivity index (χ4v) is 6.00. The van der Waals surface area contributed by atoms with Crippen LogP contribution in [-0.4, -0.2) is 62.8 Å². The van der Waals surface area contributed by atoms with E-state index in [-0.39, 0.29) is 10.9 Å². The topological polar surface area (TPSA) is 133 Å². The number of nitrogens with one attached hydrogen (secondary N) is 2. The number of unbranched alkanes of at least 4 members (excludes halogenated alkanes) is 1. The molecule has 0 saturated carbocycles. The summed E-state index contributed by atoms with van der Waals surface area (Å²) in [6.07, 6.45) is 3.75. The van der Waals surface area contributed by atoms with Gasteiger partial charge >= 0.3 is 11.7 Å². The molecule has 4 aromatic rings. The number of nitrogens with zero attached hydrogens (tertiary/aromatic N) is 4. The molecule has 1 saturated heterocycles. The van der Waals surface area contributed by atoms with E-state index in [1.807, 2.05) is 30.0 Å². The quantitative estimate of drug-likeness (QED) is 0.216. The molecule has 12 heteroatoms. The first-order valence-electron chi connectivity index (χ1n) is 15.4. The molecule has 0 unspecified atom stereocenters. The van der Waals surface area contributed by atoms with E-state index in [0.29, 0.717) is 56.3 Å². The Morgan fingerprint density at radius 3 is 2.42 bits per heavy atom. The predicted octanol–water partition coefficient (Wildman–Crippen LogP) is 3.93. The molecular formula is C33H39FN6O5. The number of carbonyl (C=O) groups is 1. The highest BCUT2D eigenvalue weighted by Gasteiger charge is 2.22. The van der Waals surface area contributed by atoms with E-state index in [2.05, 4.69) is 29.0 Å². The number of anilines is 3. The molecule has 2 aromatic carbocycles. The number of halogens is 1. The van der Waals surface area contributed by atoms with Crippen molar-refractivity contribution in [1.29, 1.82) is 0 Å². The molecule has 45 heavy (non-hydrogen) atoms. The third-order valence-electron chi connectivity index (χ3n) is 8.58. The zero-order chi connectivity index (χ0) is 32.2. The monoisotopic (exact) mass is 618 g/mol. The number of carboxylic acids is 1. The second-order valence-corrected chi connectivity index (χ2v) is 11.4. The van der Waals surface area contributed by atoms with Crippen molar-refractivity contribution < 1.29 is 14.3 Å². The highest BCUT2D eigenvalue weighted by molar-refractivity contribution is 5.93. The van der Waals surface area contributed by atoms with Gasteiger partial charge in [0.25, 0.3) is 5.56 Å². The zero-order valence-corrected chi connectivity index (χ0v) is 25.9. The number of rotatable bonds is 11. The van der Waals surface area contributed by atoms with Gasteiger partial charge in [-0.1, -0.05) is 13.0 Å². The first kappa shape index (κ1) is 31.7. The van der Waals surface area contributed by atoms with Crippen LogP contribution < -0.4 is 26.9 Å². The summed E-state index contributed by atoms with van der Waals surface area (Å²) in [6, 6.07) is 10.2. The van der Waals surface area contributed by atoms with Gasteiger partial charge in [0.2, 0.25) is 5.43 Å². The molecule has 3 heterocycles. The highest BCUT2D eigenvalue weighted by Crippen LogP contribution is 2.27. The molecule has 1 fully saturated rings. The second-order valence-electron chi connectivity index (χ2n) is 11.4. The van der Waals surface area contributed by atoms with Crippen molar-refractivity contribution >= 4 is 34.1 Å². The number of fused-ring (bicyclic) bond motifs is 1. The number of aromatic nitrogens is 3. The largest absolute Gasteiger partial charge is 0.477 e. The Kier molecular flexibility index (Phi) is 9.52. The van der Waals surface area contributed by atoms with Crippen LogP contribution in [-0.2, 0) is 19.5 Å². The molecule has 0 amide bonds. The second kappa shape index (κ2) is 13.5. The summed E-state index contributed by atoms with van der Waals surface area (Å²) >= 11 is 0. The van der Waals surface area contributed by atoms with Crippen molar-refractivity contribution in [2.24, 2.45) is 0 Å². The summed E-state index contributed by atoms with van der Waals surface area (Å²) in [5.41, 5.74) is 2.13. The molecule has 238 valence electrons. The van der Waals surface area contributed by atoms with Gasteiger partial charge in [-0.15, -0.1) is 0 Å². The lowest BCUT2D eigenvalue weighted by atomic mass is 10.1. The van der Waals surface area contributed by atoms with E-state index < -0.39 is 28.5 Å². The van der Waals surface area contributed by atoms with Gasteiger partial charge in [0.15, 0.2) is 0 Å². The van der Waals surface area contributed by atoms with E-state index in [0.717, 1.165) is 37.6 Å². The highest BCUT2D eigenvalue weighted by atomic mass is 19.1. The minimum Gasteiger partial charge on any atom is -0.477 e. The Hall–Kier alpha value is -4.71. The number of aryl methyl sites for hydroxylation is 3. The first-order valence-corrected chi connectivity index (χ1v) is 15.4. The Morgan fingerprint density at radius 2 is 1.73 bits per heavy atom. The van der Waals surface area contributed by atoms with Gasteiger partial charge in [0.1, 0.15) is 17.2 Å². The average molecular weight is 619 g/mol. The van der Waals surface area contributed by atoms with Crippen LogP contribution in [0.4, 0.5) is 21.6 Å². The summed E-state index contributed by atoms with van der Waals surface area (Å²) in [7, 11) is 0. The number of hydrogen-bond acceptors (Lipinski definition) is 7. The molecule has 1 aliphatic heterocycles. The molecule has 0 atom stereocenters. The van der Waals surface area contributed by atoms with Gasteiger partial charge in [-0.3, -0.25) is 24.0 Å². The molecular weight excluding hydrogens is 579 g/mol. The van der Waals surface area contributed by atoms with Crippen LogP contribution in [0.2, 0.25) is 0 Å². The number of hydrogen-bond donors (Lipinski definition) is 3. The third kappa shape index (κ3) is 6.85. The summed E-state index contributed by atoms with van der Waals surface area (Å²) in [5, 5.41) is 12.7. The van der Waals surface area contributed by atoms with Crippen molar-refractivity contribution in [1.82, 2.24) is 19.0 Å². The maximum Gasteiger partial charge on any atom is 0.341 e. The molecule has 5 rings (SSSR count). The zero-order valence-electron chi connectivity index (χ0n) is 25.9. The molecule has 2 aromatic heterocycles. The van der Waals surface area contributed by atoms with Crippen LogP contribution >= 0.6 is 0 Å². The number of benzene rings is 2. The fourth-order valence-electron chi connectivity index (χ4n) is 6.00. The van der Waals surface area contributed by atoms with E-state index in [9.17, 15) is 24.3 Å². The molecule has 3 N–H and O–H groups in total. The Morgan fingerprint density at radius 1 is 1.00 bits per heavy atom. The van der Waals surface area contributed by atoms with Crippen LogP contribution in [0.25, 0.3) is 10.9 Å². The molecule has 1 aliphatic rings. The summed E-state index contributed by atoms with van der Waals surface area (Å²) in [4.78, 5) is 55.6. The van der Waals surface area contributed by atoms with Gasteiger partial charge in [-0.25, -0.2) is 14.0 Å². The lowest BCUT2D eigenvalue weighted by Gasteiger charge is -2.36. The maximum absolute atomic E-state index is 15.2. The summed E-state index contributed by atoms with van der Waals surface area (Å²) in [6.45, 7) is 10.3. The van der Waals surface area contributed by atoms with Crippen LogP contribution in [0.5, 0.6) is 0 Å². The third-order valence-corrected chi connectivity index (χ3v) is 8.58. The van der Waals surface area contributed by atoms with Crippen molar-refractivity contribution in [3.63, 3.8) is 0 Å². The first-order chi connectivity index (χ1) is 21.6. The molecule has 0 radical (unpaired) electrons. The summed E-state index contributed by atoms with van der Waals surface area (Å²) in [5.74, 6) is -1.43. The van der Waals surface area contributed by atoms with Crippen molar-refractivity contribution in [3.8, 4) is 0 Å². The van der Waals surface area contributed by atoms with Crippen LogP contribution in [0.15, 0.2) is 57.0 Å². The lowest BCUT2D eigenvalue weighted by molar-refractivity contribution is 0.0695.